The molecule has 0 saturated heterocycles. The van der Waals surface area contributed by atoms with Gasteiger partial charge in [-0.3, -0.25) is 0 Å². The van der Waals surface area contributed by atoms with Crippen LogP contribution in [0.2, 0.25) is 0 Å². The summed E-state index contributed by atoms with van der Waals surface area (Å²) in [5, 5.41) is 5.12. The van der Waals surface area contributed by atoms with Crippen molar-refractivity contribution in [2.24, 2.45) is 0 Å². The zero-order valence-corrected chi connectivity index (χ0v) is 40.7. The van der Waals surface area contributed by atoms with Crippen LogP contribution in [0.3, 0.4) is 0 Å². The van der Waals surface area contributed by atoms with Crippen molar-refractivity contribution in [2.45, 2.75) is 5.41 Å². The number of thiophene rings is 1. The van der Waals surface area contributed by atoms with E-state index in [-0.39, 0.29) is 0 Å². The molecule has 2 aliphatic rings. The lowest BCUT2D eigenvalue weighted by atomic mass is 9.70. The van der Waals surface area contributed by atoms with Gasteiger partial charge in [0.05, 0.1) is 21.5 Å². The Morgan fingerprint density at radius 3 is 1.32 bits per heavy atom. The van der Waals surface area contributed by atoms with Crippen LogP contribution in [0.25, 0.3) is 97.7 Å². The van der Waals surface area contributed by atoms with Crippen LogP contribution < -0.4 is 4.90 Å². The van der Waals surface area contributed by atoms with E-state index >= 15 is 0 Å². The van der Waals surface area contributed by atoms with Gasteiger partial charge in [-0.2, -0.15) is 0 Å². The third kappa shape index (κ3) is 6.34. The summed E-state index contributed by atoms with van der Waals surface area (Å²) >= 11 is 1.88. The smallest absolute Gasteiger partial charge is 0.0726 e. The van der Waals surface area contributed by atoms with E-state index in [9.17, 15) is 0 Å². The van der Waals surface area contributed by atoms with Crippen molar-refractivity contribution in [1.29, 1.82) is 0 Å². The first-order valence-corrected chi connectivity index (χ1v) is 26.0. The summed E-state index contributed by atoms with van der Waals surface area (Å²) in [4.78, 5) is 2.54. The molecular weight excluding hydrogens is 899 g/mol. The van der Waals surface area contributed by atoms with Crippen LogP contribution >= 0.6 is 11.3 Å². The summed E-state index contributed by atoms with van der Waals surface area (Å²) in [6.45, 7) is 0. The summed E-state index contributed by atoms with van der Waals surface area (Å²) < 4.78 is 2.57. The fourth-order valence-corrected chi connectivity index (χ4v) is 13.7. The summed E-state index contributed by atoms with van der Waals surface area (Å²) in [5.74, 6) is 0. The zero-order valence-electron chi connectivity index (χ0n) is 39.8. The Morgan fingerprint density at radius 1 is 0.274 bits per heavy atom. The fraction of sp³-hybridized carbons (Fsp3) is 0.0141. The van der Waals surface area contributed by atoms with Gasteiger partial charge in [-0.25, -0.2) is 0 Å². The molecule has 0 radical (unpaired) electrons. The number of nitrogens with zero attached hydrogens (tertiary/aromatic N) is 1. The van der Waals surface area contributed by atoms with E-state index in [0.29, 0.717) is 0 Å². The van der Waals surface area contributed by atoms with Crippen LogP contribution in [0.1, 0.15) is 22.3 Å². The Morgan fingerprint density at radius 2 is 0.685 bits per heavy atom. The molecule has 2 heteroatoms. The summed E-state index contributed by atoms with van der Waals surface area (Å²) in [6, 6.07) is 101. The van der Waals surface area contributed by atoms with E-state index in [2.05, 4.69) is 278 Å². The number of fused-ring (bicyclic) bond motifs is 14. The highest BCUT2D eigenvalue weighted by atomic mass is 32.1. The van der Waals surface area contributed by atoms with Gasteiger partial charge >= 0.3 is 0 Å². The first kappa shape index (κ1) is 41.7. The highest BCUT2D eigenvalue weighted by molar-refractivity contribution is 7.26. The normalized spacial score (nSPS) is 12.8. The van der Waals surface area contributed by atoms with E-state index < -0.39 is 5.41 Å². The number of hydrogen-bond donors (Lipinski definition) is 0. The van der Waals surface area contributed by atoms with Crippen molar-refractivity contribution in [2.75, 3.05) is 4.90 Å². The van der Waals surface area contributed by atoms with Crippen molar-refractivity contribution in [3.8, 4) is 66.8 Å². The lowest BCUT2D eigenvalue weighted by Crippen LogP contribution is -2.26. The maximum Gasteiger partial charge on any atom is 0.0726 e. The predicted octanol–water partition coefficient (Wildman–Crippen LogP) is 19.7. The van der Waals surface area contributed by atoms with Gasteiger partial charge in [-0.15, -0.1) is 11.3 Å². The second kappa shape index (κ2) is 16.5. The topological polar surface area (TPSA) is 3.24 Å². The molecule has 0 aliphatic heterocycles. The minimum Gasteiger partial charge on any atom is -0.308 e. The molecule has 0 saturated carbocycles. The van der Waals surface area contributed by atoms with Gasteiger partial charge in [0, 0.05) is 26.7 Å². The molecule has 73 heavy (non-hydrogen) atoms. The Kier molecular flexibility index (Phi) is 9.42. The summed E-state index contributed by atoms with van der Waals surface area (Å²) in [6.07, 6.45) is 0. The standard InChI is InChI=1S/C71H45NS/c1-2-16-55-52(14-1)15-11-21-56(55)53-40-38-50(39-41-53)48-32-30-46(31-33-48)47-34-36-49(37-35-47)51-42-44-54(45-43-51)72(67-28-12-22-60-59-19-6-10-29-68(59)73-70(60)67)66-27-13-26-65-69(66)61-20-5-9-25-64(61)71(65)62-23-7-3-17-57(62)58-18-4-8-24-63(58)71/h1-45H. The molecule has 2 aliphatic carbocycles. The fourth-order valence-electron chi connectivity index (χ4n) is 12.5. The molecule has 1 spiro atoms. The SMILES string of the molecule is c1ccc2c(c1)-c1ccccc1C21c2ccccc2-c2c(N(c3ccc(-c4ccc(-c5ccc(-c6ccc(-c7cccc8ccccc78)cc6)cc5)cc4)cc3)c3cccc4c3sc3ccccc34)cccc21. The average Bonchev–Trinajstić information content (AvgIpc) is 4.11. The molecule has 1 heterocycles. The monoisotopic (exact) mass is 943 g/mol. The molecule has 0 N–H and O–H groups in total. The van der Waals surface area contributed by atoms with Gasteiger partial charge in [0.25, 0.3) is 0 Å². The first-order chi connectivity index (χ1) is 36.2. The Labute approximate surface area is 429 Å². The molecular formula is C71H45NS. The second-order valence-corrected chi connectivity index (χ2v) is 20.5. The van der Waals surface area contributed by atoms with Crippen molar-refractivity contribution >= 4 is 59.3 Å². The van der Waals surface area contributed by atoms with Crippen molar-refractivity contribution in [1.82, 2.24) is 0 Å². The Balaban J connectivity index is 0.795. The van der Waals surface area contributed by atoms with Gasteiger partial charge in [-0.1, -0.05) is 243 Å². The number of anilines is 3. The zero-order chi connectivity index (χ0) is 48.0. The van der Waals surface area contributed by atoms with Crippen LogP contribution in [0.15, 0.2) is 273 Å². The van der Waals surface area contributed by atoms with Gasteiger partial charge in [0.15, 0.2) is 0 Å². The van der Waals surface area contributed by atoms with Gasteiger partial charge in [0.1, 0.15) is 0 Å². The molecule has 15 rings (SSSR count). The maximum absolute atomic E-state index is 2.54. The van der Waals surface area contributed by atoms with Crippen LogP contribution in [0.5, 0.6) is 0 Å². The predicted molar refractivity (Wildman–Crippen MR) is 310 cm³/mol. The molecule has 12 aromatic carbocycles. The molecule has 0 atom stereocenters. The third-order valence-corrected chi connectivity index (χ3v) is 17.0. The highest BCUT2D eigenvalue weighted by Crippen LogP contribution is 2.65. The quantitative estimate of drug-likeness (QED) is 0.154. The summed E-state index contributed by atoms with van der Waals surface area (Å²) in [7, 11) is 0. The minimum atomic E-state index is -0.437. The molecule has 13 aromatic rings. The van der Waals surface area contributed by atoms with E-state index in [1.54, 1.807) is 0 Å². The number of rotatable bonds is 7. The van der Waals surface area contributed by atoms with Gasteiger partial charge in [0.2, 0.25) is 0 Å². The maximum atomic E-state index is 2.54. The van der Waals surface area contributed by atoms with Crippen molar-refractivity contribution < 1.29 is 0 Å². The highest BCUT2D eigenvalue weighted by Gasteiger charge is 2.52. The number of benzene rings is 12. The second-order valence-electron chi connectivity index (χ2n) is 19.5. The van der Waals surface area contributed by atoms with Crippen LogP contribution in [-0.4, -0.2) is 0 Å². The van der Waals surface area contributed by atoms with Crippen LogP contribution in [0.4, 0.5) is 17.1 Å². The Bertz CT molecular complexity index is 4240. The molecule has 0 fully saturated rings. The molecule has 0 unspecified atom stereocenters. The largest absolute Gasteiger partial charge is 0.308 e. The number of hydrogen-bond acceptors (Lipinski definition) is 2. The molecule has 340 valence electrons. The molecule has 0 amide bonds. The Hall–Kier alpha value is -9.08. The lowest BCUT2D eigenvalue weighted by Gasteiger charge is -2.32. The minimum absolute atomic E-state index is 0.437. The lowest BCUT2D eigenvalue weighted by molar-refractivity contribution is 0.794. The van der Waals surface area contributed by atoms with Gasteiger partial charge in [-0.05, 0) is 125 Å². The van der Waals surface area contributed by atoms with E-state index in [0.717, 1.165) is 5.69 Å². The van der Waals surface area contributed by atoms with Gasteiger partial charge < -0.3 is 4.90 Å². The van der Waals surface area contributed by atoms with Crippen LogP contribution in [0, 0.1) is 0 Å². The molecule has 1 aromatic heterocycles. The third-order valence-electron chi connectivity index (χ3n) is 15.7. The van der Waals surface area contributed by atoms with E-state index in [1.165, 1.54) is 131 Å². The molecule has 0 bridgehead atoms. The van der Waals surface area contributed by atoms with Crippen LogP contribution in [-0.2, 0) is 5.41 Å². The average molecular weight is 944 g/mol. The van der Waals surface area contributed by atoms with Crippen molar-refractivity contribution in [3.63, 3.8) is 0 Å². The summed E-state index contributed by atoms with van der Waals surface area (Å²) in [5.41, 5.74) is 23.3. The van der Waals surface area contributed by atoms with E-state index in [1.807, 2.05) is 11.3 Å². The molecule has 1 nitrogen and oxygen atoms in total. The van der Waals surface area contributed by atoms with E-state index in [4.69, 9.17) is 0 Å². The van der Waals surface area contributed by atoms with Crippen molar-refractivity contribution in [3.05, 3.63) is 295 Å². The first-order valence-electron chi connectivity index (χ1n) is 25.2.